The predicted octanol–water partition coefficient (Wildman–Crippen LogP) is 4.34. The highest BCUT2D eigenvalue weighted by atomic mass is 35.5. The molecule has 0 atom stereocenters. The normalized spacial score (nSPS) is 10.7. The molecule has 138 valence electrons. The van der Waals surface area contributed by atoms with Gasteiger partial charge < -0.3 is 15.4 Å². The average Bonchev–Trinajstić information content (AvgIpc) is 3.02. The summed E-state index contributed by atoms with van der Waals surface area (Å²) in [4.78, 5) is 19.5. The Morgan fingerprint density at radius 2 is 1.67 bits per heavy atom. The molecule has 0 saturated carbocycles. The van der Waals surface area contributed by atoms with Crippen molar-refractivity contribution in [2.45, 2.75) is 13.5 Å². The molecular formula is C19H18ClN5O2. The van der Waals surface area contributed by atoms with Crippen LogP contribution >= 0.6 is 12.4 Å². The second kappa shape index (κ2) is 7.59. The van der Waals surface area contributed by atoms with E-state index in [2.05, 4.69) is 10.3 Å². The van der Waals surface area contributed by atoms with Crippen LogP contribution in [-0.2, 0) is 6.54 Å². The van der Waals surface area contributed by atoms with Crippen LogP contribution in [0.4, 0.5) is 11.5 Å². The van der Waals surface area contributed by atoms with E-state index < -0.39 is 4.92 Å². The molecule has 0 saturated heterocycles. The number of nitrogens with one attached hydrogen (secondary N) is 1. The molecule has 0 radical (unpaired) electrons. The quantitative estimate of drug-likeness (QED) is 0.315. The minimum Gasteiger partial charge on any atom is -0.380 e. The Hall–Kier alpha value is -3.19. The van der Waals surface area contributed by atoms with Crippen molar-refractivity contribution in [2.24, 2.45) is 0 Å². The maximum atomic E-state index is 11.1. The van der Waals surface area contributed by atoms with Gasteiger partial charge in [0.25, 0.3) is 0 Å². The van der Waals surface area contributed by atoms with Crippen LogP contribution in [0.2, 0.25) is 0 Å². The lowest BCUT2D eigenvalue weighted by molar-refractivity contribution is -0.392. The molecule has 0 bridgehead atoms. The zero-order valence-corrected chi connectivity index (χ0v) is 15.4. The second-order valence-corrected chi connectivity index (χ2v) is 6.02. The number of aryl methyl sites for hydroxylation is 1. The first kappa shape index (κ1) is 18.6. The minimum absolute atomic E-state index is 0. The third-order valence-electron chi connectivity index (χ3n) is 4.45. The average molecular weight is 384 g/mol. The monoisotopic (exact) mass is 383 g/mol. The van der Waals surface area contributed by atoms with E-state index in [1.807, 2.05) is 48.5 Å². The number of benzene rings is 2. The first-order chi connectivity index (χ1) is 12.6. The zero-order valence-electron chi connectivity index (χ0n) is 14.6. The Balaban J connectivity index is 0.00000210. The van der Waals surface area contributed by atoms with Crippen molar-refractivity contribution in [1.82, 2.24) is 14.5 Å². The molecular weight excluding hydrogens is 366 g/mol. The number of imidazole rings is 1. The van der Waals surface area contributed by atoms with Crippen molar-refractivity contribution < 1.29 is 4.92 Å². The first-order valence-electron chi connectivity index (χ1n) is 8.33. The van der Waals surface area contributed by atoms with E-state index in [9.17, 15) is 10.1 Å². The molecule has 0 aliphatic heterocycles. The predicted molar refractivity (Wildman–Crippen MR) is 109 cm³/mol. The maximum absolute atomic E-state index is 11.1. The van der Waals surface area contributed by atoms with E-state index in [1.165, 1.54) is 6.20 Å². The topological polar surface area (TPSA) is 85.9 Å². The van der Waals surface area contributed by atoms with Crippen molar-refractivity contribution >= 4 is 45.7 Å². The SMILES string of the molecule is Cc1ncc([N+](=O)[O-])n1CCNc1c2ccccc2nc2ccccc12.Cl. The summed E-state index contributed by atoms with van der Waals surface area (Å²) in [7, 11) is 0. The lowest BCUT2D eigenvalue weighted by atomic mass is 10.1. The van der Waals surface area contributed by atoms with Gasteiger partial charge >= 0.3 is 5.82 Å². The molecule has 8 heteroatoms. The van der Waals surface area contributed by atoms with Crippen LogP contribution in [0.3, 0.4) is 0 Å². The summed E-state index contributed by atoms with van der Waals surface area (Å²) in [6, 6.07) is 15.9. The number of fused-ring (bicyclic) bond motifs is 2. The Labute approximate surface area is 161 Å². The summed E-state index contributed by atoms with van der Waals surface area (Å²) >= 11 is 0. The Kier molecular flexibility index (Phi) is 5.23. The molecule has 2 heterocycles. The number of hydrogen-bond donors (Lipinski definition) is 1. The zero-order chi connectivity index (χ0) is 18.1. The minimum atomic E-state index is -0.406. The van der Waals surface area contributed by atoms with Gasteiger partial charge in [-0.2, -0.15) is 0 Å². The molecule has 0 unspecified atom stereocenters. The standard InChI is InChI=1S/C19H17N5O2.ClH/c1-13-21-12-18(24(25)26)23(13)11-10-20-19-14-6-2-4-8-16(14)22-17-9-5-3-7-15(17)19;/h2-9,12H,10-11H2,1H3,(H,20,22);1H. The number of para-hydroxylation sites is 2. The summed E-state index contributed by atoms with van der Waals surface area (Å²) < 4.78 is 1.61. The van der Waals surface area contributed by atoms with Crippen molar-refractivity contribution in [2.75, 3.05) is 11.9 Å². The summed E-state index contributed by atoms with van der Waals surface area (Å²) in [5.74, 6) is 0.636. The van der Waals surface area contributed by atoms with Crippen LogP contribution < -0.4 is 5.32 Å². The van der Waals surface area contributed by atoms with E-state index in [4.69, 9.17) is 4.98 Å². The number of hydrogen-bond acceptors (Lipinski definition) is 5. The van der Waals surface area contributed by atoms with Crippen molar-refractivity contribution in [1.29, 1.82) is 0 Å². The number of anilines is 1. The van der Waals surface area contributed by atoms with E-state index in [1.54, 1.807) is 11.5 Å². The molecule has 7 nitrogen and oxygen atoms in total. The molecule has 4 rings (SSSR count). The van der Waals surface area contributed by atoms with E-state index in [-0.39, 0.29) is 18.2 Å². The molecule has 4 aromatic rings. The number of nitro groups is 1. The fraction of sp³-hybridized carbons (Fsp3) is 0.158. The van der Waals surface area contributed by atoms with Crippen LogP contribution in [0, 0.1) is 17.0 Å². The summed E-state index contributed by atoms with van der Waals surface area (Å²) in [5, 5.41) is 16.6. The summed E-state index contributed by atoms with van der Waals surface area (Å²) in [5.41, 5.74) is 2.82. The highest BCUT2D eigenvalue weighted by Gasteiger charge is 2.17. The van der Waals surface area contributed by atoms with E-state index in [0.29, 0.717) is 18.9 Å². The highest BCUT2D eigenvalue weighted by Crippen LogP contribution is 2.30. The number of aromatic nitrogens is 3. The number of rotatable bonds is 5. The van der Waals surface area contributed by atoms with Gasteiger partial charge in [0.15, 0.2) is 5.82 Å². The van der Waals surface area contributed by atoms with Gasteiger partial charge in [-0.25, -0.2) is 14.5 Å². The maximum Gasteiger partial charge on any atom is 0.342 e. The van der Waals surface area contributed by atoms with Gasteiger partial charge in [-0.05, 0) is 17.1 Å². The van der Waals surface area contributed by atoms with Crippen molar-refractivity contribution in [3.8, 4) is 0 Å². The fourth-order valence-electron chi connectivity index (χ4n) is 3.20. The van der Waals surface area contributed by atoms with Crippen molar-refractivity contribution in [3.05, 3.63) is 70.7 Å². The summed E-state index contributed by atoms with van der Waals surface area (Å²) in [6.07, 6.45) is 1.30. The summed E-state index contributed by atoms with van der Waals surface area (Å²) in [6.45, 7) is 2.76. The molecule has 0 fully saturated rings. The Morgan fingerprint density at radius 3 is 2.26 bits per heavy atom. The van der Waals surface area contributed by atoms with Crippen LogP contribution in [-0.4, -0.2) is 26.0 Å². The first-order valence-corrected chi connectivity index (χ1v) is 8.33. The van der Waals surface area contributed by atoms with Gasteiger partial charge in [-0.3, -0.25) is 0 Å². The van der Waals surface area contributed by atoms with Crippen LogP contribution in [0.5, 0.6) is 0 Å². The van der Waals surface area contributed by atoms with Crippen LogP contribution in [0.15, 0.2) is 54.7 Å². The number of halogens is 1. The van der Waals surface area contributed by atoms with Gasteiger partial charge in [0, 0.05) is 17.7 Å². The lowest BCUT2D eigenvalue weighted by Gasteiger charge is -2.13. The largest absolute Gasteiger partial charge is 0.380 e. The lowest BCUT2D eigenvalue weighted by Crippen LogP contribution is -2.14. The number of nitrogens with zero attached hydrogens (tertiary/aromatic N) is 4. The number of pyridine rings is 1. The molecule has 0 spiro atoms. The van der Waals surface area contributed by atoms with Gasteiger partial charge in [0.05, 0.1) is 23.3 Å². The van der Waals surface area contributed by atoms with Crippen LogP contribution in [0.1, 0.15) is 5.82 Å². The smallest absolute Gasteiger partial charge is 0.342 e. The molecule has 0 aliphatic carbocycles. The fourth-order valence-corrected chi connectivity index (χ4v) is 3.20. The highest BCUT2D eigenvalue weighted by molar-refractivity contribution is 6.07. The van der Waals surface area contributed by atoms with E-state index >= 15 is 0 Å². The van der Waals surface area contributed by atoms with Gasteiger partial charge in [-0.15, -0.1) is 12.4 Å². The molecule has 2 aromatic carbocycles. The molecule has 27 heavy (non-hydrogen) atoms. The Bertz CT molecular complexity index is 1070. The Morgan fingerprint density at radius 1 is 1.07 bits per heavy atom. The van der Waals surface area contributed by atoms with Crippen LogP contribution in [0.25, 0.3) is 21.8 Å². The molecule has 0 aliphatic rings. The van der Waals surface area contributed by atoms with Crippen molar-refractivity contribution in [3.63, 3.8) is 0 Å². The molecule has 0 amide bonds. The molecule has 1 N–H and O–H groups in total. The van der Waals surface area contributed by atoms with Gasteiger partial charge in [0.2, 0.25) is 0 Å². The van der Waals surface area contributed by atoms with E-state index in [0.717, 1.165) is 27.5 Å². The second-order valence-electron chi connectivity index (χ2n) is 6.02. The third kappa shape index (κ3) is 3.41. The molecule has 2 aromatic heterocycles. The van der Waals surface area contributed by atoms with Gasteiger partial charge in [0.1, 0.15) is 12.7 Å². The van der Waals surface area contributed by atoms with Gasteiger partial charge in [-0.1, -0.05) is 36.4 Å². The third-order valence-corrected chi connectivity index (χ3v) is 4.45.